The predicted molar refractivity (Wildman–Crippen MR) is 78.9 cm³/mol. The molecule has 0 amide bonds. The largest absolute Gasteiger partial charge is 0.395 e. The molecule has 4 rings (SSSR count). The van der Waals surface area contributed by atoms with Gasteiger partial charge in [-0.2, -0.15) is 4.98 Å². The molecule has 1 fully saturated rings. The zero-order chi connectivity index (χ0) is 14.9. The first kappa shape index (κ1) is 13.4. The first-order chi connectivity index (χ1) is 10.8. The summed E-state index contributed by atoms with van der Waals surface area (Å²) in [5.74, 6) is 1.31. The van der Waals surface area contributed by atoms with Crippen LogP contribution in [-0.4, -0.2) is 45.5 Å². The van der Waals surface area contributed by atoms with E-state index >= 15 is 0 Å². The van der Waals surface area contributed by atoms with E-state index in [2.05, 4.69) is 30.2 Å². The molecular formula is C13H13ClN6O2. The lowest BCUT2D eigenvalue weighted by Crippen LogP contribution is -2.20. The van der Waals surface area contributed by atoms with Gasteiger partial charge in [0.15, 0.2) is 5.69 Å². The molecule has 0 unspecified atom stereocenters. The van der Waals surface area contributed by atoms with Crippen LogP contribution in [0.4, 0.5) is 5.95 Å². The van der Waals surface area contributed by atoms with E-state index in [-0.39, 0.29) is 5.89 Å². The summed E-state index contributed by atoms with van der Waals surface area (Å²) < 4.78 is 5.27. The van der Waals surface area contributed by atoms with E-state index in [9.17, 15) is 0 Å². The van der Waals surface area contributed by atoms with Crippen molar-refractivity contribution in [1.82, 2.24) is 20.1 Å². The lowest BCUT2D eigenvalue weighted by molar-refractivity contribution is 0.174. The average Bonchev–Trinajstić information content (AvgIpc) is 3.28. The molecule has 2 aliphatic rings. The molecule has 8 nitrogen and oxygen atoms in total. The van der Waals surface area contributed by atoms with Gasteiger partial charge in [0.05, 0.1) is 11.2 Å². The highest BCUT2D eigenvalue weighted by Gasteiger charge is 2.22. The van der Waals surface area contributed by atoms with Gasteiger partial charge in [-0.25, -0.2) is 9.97 Å². The van der Waals surface area contributed by atoms with Crippen LogP contribution in [0.5, 0.6) is 0 Å². The van der Waals surface area contributed by atoms with Crippen molar-refractivity contribution in [3.05, 3.63) is 17.0 Å². The van der Waals surface area contributed by atoms with Crippen molar-refractivity contribution in [3.8, 4) is 11.6 Å². The number of oxime groups is 1. The average molecular weight is 321 g/mol. The SMILES string of the molecule is Clc1cnc(N2CCCC2)nc1-c1nc(C2=NOCC2)no1. The monoisotopic (exact) mass is 320 g/mol. The summed E-state index contributed by atoms with van der Waals surface area (Å²) in [5.41, 5.74) is 1.11. The highest BCUT2D eigenvalue weighted by molar-refractivity contribution is 6.32. The van der Waals surface area contributed by atoms with Gasteiger partial charge in [0, 0.05) is 19.5 Å². The van der Waals surface area contributed by atoms with Crippen molar-refractivity contribution >= 4 is 23.3 Å². The highest BCUT2D eigenvalue weighted by atomic mass is 35.5. The molecular weight excluding hydrogens is 308 g/mol. The maximum absolute atomic E-state index is 6.18. The minimum absolute atomic E-state index is 0.262. The molecule has 9 heteroatoms. The van der Waals surface area contributed by atoms with Crippen molar-refractivity contribution < 1.29 is 9.36 Å². The molecule has 22 heavy (non-hydrogen) atoms. The summed E-state index contributed by atoms with van der Waals surface area (Å²) >= 11 is 6.18. The zero-order valence-electron chi connectivity index (χ0n) is 11.7. The molecule has 114 valence electrons. The first-order valence-corrected chi connectivity index (χ1v) is 7.50. The third-order valence-electron chi connectivity index (χ3n) is 3.61. The maximum Gasteiger partial charge on any atom is 0.278 e. The van der Waals surface area contributed by atoms with E-state index < -0.39 is 0 Å². The molecule has 0 atom stereocenters. The second-order valence-electron chi connectivity index (χ2n) is 5.11. The van der Waals surface area contributed by atoms with Gasteiger partial charge in [-0.05, 0) is 12.8 Å². The second-order valence-corrected chi connectivity index (χ2v) is 5.51. The Hall–Kier alpha value is -2.22. The first-order valence-electron chi connectivity index (χ1n) is 7.12. The molecule has 4 heterocycles. The fourth-order valence-corrected chi connectivity index (χ4v) is 2.65. The standard InChI is InChI=1S/C13H13ClN6O2/c14-8-7-15-13(20-4-1-2-5-20)16-10(8)12-17-11(19-22-12)9-3-6-21-18-9/h7H,1-6H2. The molecule has 0 spiro atoms. The molecule has 2 aromatic rings. The van der Waals surface area contributed by atoms with Crippen molar-refractivity contribution in [1.29, 1.82) is 0 Å². The van der Waals surface area contributed by atoms with Gasteiger partial charge in [0.2, 0.25) is 11.8 Å². The molecule has 2 aromatic heterocycles. The zero-order valence-corrected chi connectivity index (χ0v) is 12.5. The van der Waals surface area contributed by atoms with Crippen molar-refractivity contribution in [2.75, 3.05) is 24.6 Å². The van der Waals surface area contributed by atoms with Crippen molar-refractivity contribution in [2.45, 2.75) is 19.3 Å². The number of nitrogens with zero attached hydrogens (tertiary/aromatic N) is 6. The molecule has 0 saturated carbocycles. The molecule has 0 N–H and O–H groups in total. The molecule has 0 bridgehead atoms. The van der Waals surface area contributed by atoms with Gasteiger partial charge >= 0.3 is 0 Å². The van der Waals surface area contributed by atoms with Gasteiger partial charge in [0.1, 0.15) is 12.3 Å². The molecule has 0 aromatic carbocycles. The fraction of sp³-hybridized carbons (Fsp3) is 0.462. The number of hydrogen-bond acceptors (Lipinski definition) is 8. The second kappa shape index (κ2) is 5.53. The Kier molecular flexibility index (Phi) is 3.38. The van der Waals surface area contributed by atoms with Crippen LogP contribution < -0.4 is 4.90 Å². The normalized spacial score (nSPS) is 17.7. The molecule has 1 saturated heterocycles. The number of aromatic nitrogens is 4. The van der Waals surface area contributed by atoms with E-state index in [4.69, 9.17) is 21.0 Å². The van der Waals surface area contributed by atoms with E-state index in [0.717, 1.165) is 25.9 Å². The minimum atomic E-state index is 0.262. The summed E-state index contributed by atoms with van der Waals surface area (Å²) in [7, 11) is 0. The third kappa shape index (κ3) is 2.39. The number of halogens is 1. The number of anilines is 1. The van der Waals surface area contributed by atoms with E-state index in [1.165, 1.54) is 0 Å². The summed E-state index contributed by atoms with van der Waals surface area (Å²) in [4.78, 5) is 20.1. The summed E-state index contributed by atoms with van der Waals surface area (Å²) in [6.45, 7) is 2.43. The van der Waals surface area contributed by atoms with E-state index in [1.807, 2.05) is 0 Å². The van der Waals surface area contributed by atoms with Gasteiger partial charge in [-0.15, -0.1) is 0 Å². The Morgan fingerprint density at radius 2 is 2.05 bits per heavy atom. The lowest BCUT2D eigenvalue weighted by Gasteiger charge is -2.15. The Bertz CT molecular complexity index is 725. The third-order valence-corrected chi connectivity index (χ3v) is 3.89. The molecule has 2 aliphatic heterocycles. The van der Waals surface area contributed by atoms with Gasteiger partial charge in [-0.3, -0.25) is 0 Å². The van der Waals surface area contributed by atoms with Crippen LogP contribution in [0.3, 0.4) is 0 Å². The van der Waals surface area contributed by atoms with Gasteiger partial charge < -0.3 is 14.3 Å². The van der Waals surface area contributed by atoms with Gasteiger partial charge in [0.25, 0.3) is 5.89 Å². The van der Waals surface area contributed by atoms with Crippen LogP contribution in [0.15, 0.2) is 15.9 Å². The fourth-order valence-electron chi connectivity index (χ4n) is 2.48. The smallest absolute Gasteiger partial charge is 0.278 e. The van der Waals surface area contributed by atoms with E-state index in [0.29, 0.717) is 41.2 Å². The van der Waals surface area contributed by atoms with Crippen LogP contribution in [0.2, 0.25) is 5.02 Å². The highest BCUT2D eigenvalue weighted by Crippen LogP contribution is 2.27. The van der Waals surface area contributed by atoms with Crippen LogP contribution in [0.1, 0.15) is 25.1 Å². The van der Waals surface area contributed by atoms with Crippen LogP contribution in [-0.2, 0) is 4.84 Å². The summed E-state index contributed by atoms with van der Waals surface area (Å²) in [6, 6.07) is 0. The van der Waals surface area contributed by atoms with Crippen LogP contribution >= 0.6 is 11.6 Å². The van der Waals surface area contributed by atoms with Crippen LogP contribution in [0, 0.1) is 0 Å². The van der Waals surface area contributed by atoms with Crippen molar-refractivity contribution in [2.24, 2.45) is 5.16 Å². The molecule has 0 aliphatic carbocycles. The predicted octanol–water partition coefficient (Wildman–Crippen LogP) is 1.90. The lowest BCUT2D eigenvalue weighted by atomic mass is 10.3. The number of rotatable bonds is 3. The molecule has 0 radical (unpaired) electrons. The topological polar surface area (TPSA) is 89.5 Å². The van der Waals surface area contributed by atoms with E-state index in [1.54, 1.807) is 6.20 Å². The Morgan fingerprint density at radius 3 is 2.82 bits per heavy atom. The minimum Gasteiger partial charge on any atom is -0.395 e. The number of hydrogen-bond donors (Lipinski definition) is 0. The Morgan fingerprint density at radius 1 is 1.18 bits per heavy atom. The van der Waals surface area contributed by atoms with Gasteiger partial charge in [-0.1, -0.05) is 21.9 Å². The Labute approximate surface area is 131 Å². The Balaban J connectivity index is 1.67. The van der Waals surface area contributed by atoms with Crippen molar-refractivity contribution in [3.63, 3.8) is 0 Å². The summed E-state index contributed by atoms with van der Waals surface area (Å²) in [5, 5.41) is 8.16. The van der Waals surface area contributed by atoms with Crippen LogP contribution in [0.25, 0.3) is 11.6 Å². The maximum atomic E-state index is 6.18. The summed E-state index contributed by atoms with van der Waals surface area (Å²) in [6.07, 6.45) is 4.52. The quantitative estimate of drug-likeness (QED) is 0.853.